The smallest absolute Gasteiger partial charge is 0.243 e. The number of phenols is 2. The van der Waals surface area contributed by atoms with Crippen molar-refractivity contribution in [2.75, 3.05) is 5.32 Å². The molecule has 0 saturated carbocycles. The number of rotatable bonds is 5. The SMILES string of the molecule is N#Cc1ccc(-c2csc(NC(=O)C(C#N)Cc3ccc(O)c(O)c3)n2)cc1. The highest BCUT2D eigenvalue weighted by atomic mass is 32.1. The number of nitriles is 2. The van der Waals surface area contributed by atoms with Gasteiger partial charge in [-0.25, -0.2) is 4.98 Å². The number of benzene rings is 2. The number of thiazole rings is 1. The third-order valence-electron chi connectivity index (χ3n) is 4.00. The Morgan fingerprint density at radius 2 is 1.89 bits per heavy atom. The van der Waals surface area contributed by atoms with Gasteiger partial charge in [-0.3, -0.25) is 4.79 Å². The molecule has 0 saturated heterocycles. The fraction of sp³-hybridized carbons (Fsp3) is 0.100. The minimum atomic E-state index is -0.980. The zero-order valence-electron chi connectivity index (χ0n) is 14.5. The topological polar surface area (TPSA) is 130 Å². The van der Waals surface area contributed by atoms with Crippen LogP contribution < -0.4 is 5.32 Å². The maximum absolute atomic E-state index is 12.4. The number of amides is 1. The molecule has 0 radical (unpaired) electrons. The van der Waals surface area contributed by atoms with Gasteiger partial charge in [-0.15, -0.1) is 11.3 Å². The number of aromatic nitrogens is 1. The van der Waals surface area contributed by atoms with Crippen molar-refractivity contribution in [2.45, 2.75) is 6.42 Å². The average Bonchev–Trinajstić information content (AvgIpc) is 3.17. The Hall–Kier alpha value is -3.88. The van der Waals surface area contributed by atoms with Crippen molar-refractivity contribution >= 4 is 22.4 Å². The van der Waals surface area contributed by atoms with Crippen LogP contribution in [0.4, 0.5) is 5.13 Å². The van der Waals surface area contributed by atoms with Crippen LogP contribution in [0.2, 0.25) is 0 Å². The maximum Gasteiger partial charge on any atom is 0.243 e. The van der Waals surface area contributed by atoms with E-state index >= 15 is 0 Å². The number of aromatic hydroxyl groups is 2. The molecule has 8 heteroatoms. The molecule has 3 N–H and O–H groups in total. The first kappa shape index (κ1) is 18.9. The fourth-order valence-electron chi connectivity index (χ4n) is 2.50. The predicted octanol–water partition coefficient (Wildman–Crippen LogP) is 3.41. The largest absolute Gasteiger partial charge is 0.504 e. The molecule has 7 nitrogen and oxygen atoms in total. The van der Waals surface area contributed by atoms with Crippen LogP contribution in [0, 0.1) is 28.6 Å². The molecule has 2 aromatic carbocycles. The van der Waals surface area contributed by atoms with Crippen LogP contribution in [0.3, 0.4) is 0 Å². The molecule has 138 valence electrons. The Balaban J connectivity index is 1.69. The molecule has 3 aromatic rings. The molecule has 1 unspecified atom stereocenters. The van der Waals surface area contributed by atoms with E-state index in [0.717, 1.165) is 5.56 Å². The Morgan fingerprint density at radius 1 is 1.14 bits per heavy atom. The molecule has 1 aromatic heterocycles. The van der Waals surface area contributed by atoms with Gasteiger partial charge in [-0.1, -0.05) is 18.2 Å². The van der Waals surface area contributed by atoms with E-state index in [-0.39, 0.29) is 17.9 Å². The normalized spacial score (nSPS) is 11.2. The van der Waals surface area contributed by atoms with Gasteiger partial charge in [-0.2, -0.15) is 10.5 Å². The van der Waals surface area contributed by atoms with Gasteiger partial charge in [0, 0.05) is 10.9 Å². The summed E-state index contributed by atoms with van der Waals surface area (Å²) in [6.07, 6.45) is 0.0873. The first-order chi connectivity index (χ1) is 13.5. The lowest BCUT2D eigenvalue weighted by Crippen LogP contribution is -2.23. The monoisotopic (exact) mass is 390 g/mol. The number of nitrogens with one attached hydrogen (secondary N) is 1. The second-order valence-electron chi connectivity index (χ2n) is 5.93. The van der Waals surface area contributed by atoms with Gasteiger partial charge in [0.05, 0.1) is 23.4 Å². The van der Waals surface area contributed by atoms with Crippen LogP contribution in [-0.2, 0) is 11.2 Å². The summed E-state index contributed by atoms with van der Waals surface area (Å²) in [6.45, 7) is 0. The summed E-state index contributed by atoms with van der Waals surface area (Å²) in [5, 5.41) is 41.8. The quantitative estimate of drug-likeness (QED) is 0.572. The van der Waals surface area contributed by atoms with Crippen molar-refractivity contribution in [1.82, 2.24) is 4.98 Å². The lowest BCUT2D eigenvalue weighted by Gasteiger charge is -2.09. The van der Waals surface area contributed by atoms with Crippen LogP contribution in [0.1, 0.15) is 11.1 Å². The number of hydrogen-bond acceptors (Lipinski definition) is 7. The van der Waals surface area contributed by atoms with E-state index in [2.05, 4.69) is 10.3 Å². The molecule has 0 bridgehead atoms. The Labute approximate surface area is 164 Å². The zero-order chi connectivity index (χ0) is 20.1. The van der Waals surface area contributed by atoms with Crippen LogP contribution in [0.5, 0.6) is 11.5 Å². The standard InChI is InChI=1S/C20H14N4O3S/c21-9-12-1-4-14(5-2-12)16-11-28-20(23-16)24-19(27)15(10-22)7-13-3-6-17(25)18(26)8-13/h1-6,8,11,15,25-26H,7H2,(H,23,24,27). The lowest BCUT2D eigenvalue weighted by molar-refractivity contribution is -0.118. The van der Waals surface area contributed by atoms with Gasteiger partial charge >= 0.3 is 0 Å². The molecule has 0 aliphatic rings. The Morgan fingerprint density at radius 3 is 2.54 bits per heavy atom. The molecule has 0 fully saturated rings. The molecular weight excluding hydrogens is 376 g/mol. The van der Waals surface area contributed by atoms with Crippen LogP contribution in [-0.4, -0.2) is 21.1 Å². The van der Waals surface area contributed by atoms with Crippen LogP contribution in [0.15, 0.2) is 47.8 Å². The van der Waals surface area contributed by atoms with Crippen molar-refractivity contribution in [1.29, 1.82) is 10.5 Å². The number of hydrogen-bond donors (Lipinski definition) is 3. The van der Waals surface area contributed by atoms with Gasteiger partial charge in [-0.05, 0) is 36.2 Å². The van der Waals surface area contributed by atoms with E-state index in [0.29, 0.717) is 22.0 Å². The van der Waals surface area contributed by atoms with E-state index in [1.54, 1.807) is 35.7 Å². The molecule has 0 aliphatic heterocycles. The van der Waals surface area contributed by atoms with Crippen molar-refractivity contribution in [2.24, 2.45) is 5.92 Å². The molecule has 1 atom stereocenters. The van der Waals surface area contributed by atoms with Crippen LogP contribution in [0.25, 0.3) is 11.3 Å². The van der Waals surface area contributed by atoms with Crippen molar-refractivity contribution in [3.63, 3.8) is 0 Å². The summed E-state index contributed by atoms with van der Waals surface area (Å²) < 4.78 is 0. The molecule has 1 heterocycles. The number of carbonyl (C=O) groups is 1. The minimum absolute atomic E-state index is 0.0873. The highest BCUT2D eigenvalue weighted by Gasteiger charge is 2.20. The molecule has 3 rings (SSSR count). The predicted molar refractivity (Wildman–Crippen MR) is 103 cm³/mol. The molecule has 28 heavy (non-hydrogen) atoms. The molecule has 1 amide bonds. The summed E-state index contributed by atoms with van der Waals surface area (Å²) in [7, 11) is 0. The van der Waals surface area contributed by atoms with Gasteiger partial charge in [0.1, 0.15) is 5.92 Å². The van der Waals surface area contributed by atoms with E-state index < -0.39 is 11.8 Å². The van der Waals surface area contributed by atoms with Gasteiger partial charge in [0.25, 0.3) is 0 Å². The van der Waals surface area contributed by atoms with E-state index in [1.807, 2.05) is 12.1 Å². The van der Waals surface area contributed by atoms with Gasteiger partial charge in [0.15, 0.2) is 16.6 Å². The van der Waals surface area contributed by atoms with Crippen molar-refractivity contribution < 1.29 is 15.0 Å². The summed E-state index contributed by atoms with van der Waals surface area (Å²) in [5.41, 5.74) is 2.56. The second-order valence-corrected chi connectivity index (χ2v) is 6.78. The van der Waals surface area contributed by atoms with Crippen molar-refractivity contribution in [3.8, 4) is 34.9 Å². The van der Waals surface area contributed by atoms with Crippen molar-refractivity contribution in [3.05, 3.63) is 59.0 Å². The average molecular weight is 390 g/mol. The summed E-state index contributed by atoms with van der Waals surface area (Å²) in [5.74, 6) is -2.05. The minimum Gasteiger partial charge on any atom is -0.504 e. The number of phenolic OH excluding ortho intramolecular Hbond substituents is 2. The number of nitrogens with zero attached hydrogens (tertiary/aromatic N) is 3. The summed E-state index contributed by atoms with van der Waals surface area (Å²) in [4.78, 5) is 16.8. The molecule has 0 aliphatic carbocycles. The second kappa shape index (κ2) is 8.21. The lowest BCUT2D eigenvalue weighted by atomic mass is 9.99. The van der Waals surface area contributed by atoms with Crippen LogP contribution >= 0.6 is 11.3 Å². The zero-order valence-corrected chi connectivity index (χ0v) is 15.3. The Kier molecular flexibility index (Phi) is 5.54. The molecule has 0 spiro atoms. The first-order valence-electron chi connectivity index (χ1n) is 8.17. The molecular formula is C20H14N4O3S. The third kappa shape index (κ3) is 4.26. The fourth-order valence-corrected chi connectivity index (χ4v) is 3.22. The summed E-state index contributed by atoms with van der Waals surface area (Å²) in [6, 6.07) is 15.1. The number of anilines is 1. The summed E-state index contributed by atoms with van der Waals surface area (Å²) >= 11 is 1.23. The highest BCUT2D eigenvalue weighted by molar-refractivity contribution is 7.14. The Bertz CT molecular complexity index is 1090. The number of carbonyl (C=O) groups excluding carboxylic acids is 1. The first-order valence-corrected chi connectivity index (χ1v) is 9.05. The van der Waals surface area contributed by atoms with Gasteiger partial charge in [0.2, 0.25) is 5.91 Å². The third-order valence-corrected chi connectivity index (χ3v) is 4.75. The highest BCUT2D eigenvalue weighted by Crippen LogP contribution is 2.27. The van der Waals surface area contributed by atoms with Gasteiger partial charge < -0.3 is 15.5 Å². The van der Waals surface area contributed by atoms with E-state index in [1.165, 1.54) is 23.5 Å². The maximum atomic E-state index is 12.4. The van der Waals surface area contributed by atoms with E-state index in [9.17, 15) is 20.3 Å². The van der Waals surface area contributed by atoms with E-state index in [4.69, 9.17) is 5.26 Å².